The number of ketones is 2. The number of thiophene rings is 1. The van der Waals surface area contributed by atoms with Gasteiger partial charge < -0.3 is 70.1 Å². The Balaban J connectivity index is 0.000000183. The molecule has 6 aliphatic rings. The number of carbonyl (C=O) groups excluding carboxylic acids is 10. The van der Waals surface area contributed by atoms with Crippen LogP contribution in [0.2, 0.25) is 0 Å². The van der Waals surface area contributed by atoms with Crippen molar-refractivity contribution in [1.82, 2.24) is 0 Å². The third-order valence-corrected chi connectivity index (χ3v) is 22.9. The van der Waals surface area contributed by atoms with Gasteiger partial charge in [-0.25, -0.2) is 32.3 Å². The number of rotatable bonds is 22. The smallest absolute Gasteiger partial charge is 0.353 e. The van der Waals surface area contributed by atoms with Gasteiger partial charge in [-0.05, 0) is 153 Å². The number of aliphatic carboxylic acids is 2. The number of benzene rings is 8. The summed E-state index contributed by atoms with van der Waals surface area (Å²) >= 11 is 8.37. The molecule has 6 atom stereocenters. The average molecular weight is 1870 g/mol. The fraction of sp³-hybridized carbons (Fsp3) is 0.312. The van der Waals surface area contributed by atoms with Crippen molar-refractivity contribution < 1.29 is 106 Å². The lowest BCUT2D eigenvalue weighted by atomic mass is 9.92. The summed E-state index contributed by atoms with van der Waals surface area (Å²) in [5.74, 6) is -10.6. The van der Waals surface area contributed by atoms with Crippen molar-refractivity contribution in [2.24, 2.45) is 5.73 Å². The van der Waals surface area contributed by atoms with Crippen LogP contribution in [0.5, 0.6) is 0 Å². The molecule has 0 bridgehead atoms. The first-order chi connectivity index (χ1) is 59.2. The van der Waals surface area contributed by atoms with Crippen LogP contribution in [-0.2, 0) is 86.4 Å². The number of anilines is 6. The van der Waals surface area contributed by atoms with E-state index in [1.807, 2.05) is 96.4 Å². The number of carbonyl (C=O) groups is 12. The lowest BCUT2D eigenvalue weighted by Gasteiger charge is -2.21. The predicted octanol–water partition coefficient (Wildman–Crippen LogP) is 13.3. The summed E-state index contributed by atoms with van der Waals surface area (Å²) in [6.45, 7) is 5.40. The molecule has 6 saturated heterocycles. The molecule has 7 heterocycles. The molecule has 0 radical (unpaired) electrons. The molecule has 125 heavy (non-hydrogen) atoms. The van der Waals surface area contributed by atoms with Crippen LogP contribution in [0.3, 0.4) is 0 Å². The first-order valence-corrected chi connectivity index (χ1v) is 42.3. The molecule has 7 N–H and O–H groups in total. The highest BCUT2D eigenvalue weighted by Crippen LogP contribution is 2.38. The van der Waals surface area contributed by atoms with Gasteiger partial charge in [-0.15, -0.1) is 11.3 Å². The van der Waals surface area contributed by atoms with Crippen molar-refractivity contribution in [1.29, 1.82) is 0 Å². The Hall–Kier alpha value is -11.9. The van der Waals surface area contributed by atoms with E-state index in [0.717, 1.165) is 31.4 Å². The second-order valence-electron chi connectivity index (χ2n) is 29.0. The minimum Gasteiger partial charge on any atom is -0.479 e. The van der Waals surface area contributed by atoms with E-state index in [0.29, 0.717) is 66.6 Å². The van der Waals surface area contributed by atoms with Crippen molar-refractivity contribution in [2.45, 2.75) is 132 Å². The van der Waals surface area contributed by atoms with E-state index in [1.165, 1.54) is 29.4 Å². The molecule has 26 nitrogen and oxygen atoms in total. The number of hydrogen-bond donors (Lipinski definition) is 6. The van der Waals surface area contributed by atoms with Crippen molar-refractivity contribution >= 4 is 148 Å². The fourth-order valence-electron chi connectivity index (χ4n) is 14.0. The molecule has 8 aromatic carbocycles. The van der Waals surface area contributed by atoms with Gasteiger partial charge >= 0.3 is 23.9 Å². The maximum atomic E-state index is 15.0. The third kappa shape index (κ3) is 24.0. The average Bonchev–Trinajstić information content (AvgIpc) is 1.67. The summed E-state index contributed by atoms with van der Waals surface area (Å²) in [6.07, 6.45) is 1.63. The highest BCUT2D eigenvalue weighted by Gasteiger charge is 2.58. The summed E-state index contributed by atoms with van der Waals surface area (Å²) in [5.41, 5.74) is -2.59. The number of amides is 6. The van der Waals surface area contributed by atoms with Crippen molar-refractivity contribution in [3.05, 3.63) is 273 Å². The quantitative estimate of drug-likeness (QED) is 0.0271. The molecule has 6 amide bonds. The van der Waals surface area contributed by atoms with Gasteiger partial charge in [-0.2, -0.15) is 0 Å². The van der Waals surface area contributed by atoms with Crippen LogP contribution in [-0.4, -0.2) is 183 Å². The maximum absolute atomic E-state index is 15.0. The summed E-state index contributed by atoms with van der Waals surface area (Å²) in [4.78, 5) is 151. The Bertz CT molecular complexity index is 5040. The molecule has 1 aromatic heterocycles. The van der Waals surface area contributed by atoms with E-state index in [9.17, 15) is 86.0 Å². The van der Waals surface area contributed by atoms with Crippen LogP contribution in [0.4, 0.5) is 47.3 Å². The Morgan fingerprint density at radius 3 is 1.08 bits per heavy atom. The number of Topliss-reactive ketones (excluding diaryl/α,β-unsaturated/α-hetero) is 2. The molecule has 9 aromatic rings. The first-order valence-electron chi connectivity index (χ1n) is 39.8. The largest absolute Gasteiger partial charge is 0.479 e. The number of ether oxygens (including phenoxy) is 2. The van der Waals surface area contributed by atoms with E-state index >= 15 is 0 Å². The number of alkyl halides is 3. The summed E-state index contributed by atoms with van der Waals surface area (Å²) in [7, 11) is 0. The SMILES string of the molecule is C.CCOC(=O)[C@@]1(F)CCN(c2ccccc2)C1=O.CCOC(=O)[C@]1(O)CCN(c2ccccc2)C1=O.NCc1cccc(Br)c1.O=C(CCCc1cccs1)[C@@]1(F)CCN(c2ccccc2)C1=O.O=C(CCc1cccc(Br)c1)[C@@]1(O)CCN(c2ccccc2)C1=O.O=C(O)[C@@]1(F)CCN(c2ccccc2)C1=O.O=C(O)[C@@]1(O)CCN(c2ccccc2)C1=O. The second kappa shape index (κ2) is 45.1. The molecular formula is C93H98Br2F3N7O19S. The van der Waals surface area contributed by atoms with Gasteiger partial charge in [0, 0.05) is 145 Å². The van der Waals surface area contributed by atoms with Crippen molar-refractivity contribution in [3.8, 4) is 0 Å². The van der Waals surface area contributed by atoms with Gasteiger partial charge in [0.25, 0.3) is 46.8 Å². The lowest BCUT2D eigenvalue weighted by molar-refractivity contribution is -0.168. The number of aliphatic hydroxyl groups is 3. The molecule has 0 spiro atoms. The van der Waals surface area contributed by atoms with Gasteiger partial charge in [0.1, 0.15) is 0 Å². The summed E-state index contributed by atoms with van der Waals surface area (Å²) < 4.78 is 54.5. The topological polar surface area (TPSA) is 370 Å². The molecule has 660 valence electrons. The zero-order valence-electron chi connectivity index (χ0n) is 67.8. The third-order valence-electron chi connectivity index (χ3n) is 21.0. The Kier molecular flexibility index (Phi) is 35.6. The van der Waals surface area contributed by atoms with Gasteiger partial charge in [0.15, 0.2) is 11.6 Å². The summed E-state index contributed by atoms with van der Waals surface area (Å²) in [6, 6.07) is 72.5. The highest BCUT2D eigenvalue weighted by molar-refractivity contribution is 9.10. The molecule has 15 rings (SSSR count). The van der Waals surface area contributed by atoms with Crippen molar-refractivity contribution in [3.63, 3.8) is 0 Å². The molecular weight excluding hydrogens is 1770 g/mol. The van der Waals surface area contributed by atoms with Crippen LogP contribution in [0.15, 0.2) is 257 Å². The number of carboxylic acid groups (broad SMARTS) is 2. The van der Waals surface area contributed by atoms with E-state index in [2.05, 4.69) is 36.6 Å². The monoisotopic (exact) mass is 1860 g/mol. The minimum atomic E-state index is -2.77. The number of aryl methyl sites for hydroxylation is 2. The highest BCUT2D eigenvalue weighted by atomic mass is 79.9. The number of esters is 2. The van der Waals surface area contributed by atoms with Crippen LogP contribution in [0.1, 0.15) is 95.1 Å². The molecule has 0 unspecified atom stereocenters. The second-order valence-corrected chi connectivity index (χ2v) is 31.9. The number of carboxylic acids is 2. The predicted molar refractivity (Wildman–Crippen MR) is 474 cm³/mol. The fourth-order valence-corrected chi connectivity index (χ4v) is 15.6. The number of para-hydroxylation sites is 6. The zero-order chi connectivity index (χ0) is 90.0. The van der Waals surface area contributed by atoms with Gasteiger partial charge in [-0.3, -0.25) is 38.4 Å². The molecule has 0 aliphatic carbocycles. The normalized spacial score (nSPS) is 21.5. The zero-order valence-corrected chi connectivity index (χ0v) is 71.8. The van der Waals surface area contributed by atoms with E-state index in [4.69, 9.17) is 20.7 Å². The maximum Gasteiger partial charge on any atom is 0.353 e. The number of hydrogen-bond acceptors (Lipinski definition) is 19. The standard InChI is InChI=1S/C19H18BrNO3.C18H18FNO2S.C13H14FNO3.C13H15NO4.C11H10FNO3.C11H11NO4.C7H8BrN.CH4/c20-15-6-4-5-14(13-15)9-10-17(22)19(24)11-12-21(18(19)23)16-7-2-1-3-8-16;19-18(16(21)10-4-8-15-9-5-13-23-15)11-12-20(17(18)22)14-6-2-1-3-7-14;1-2-18-12(17)13(14)8-9-15(11(13)16)10-6-4-3-5-7-10;1-2-18-12(16)13(17)8-9-14(11(13)15)10-6-4-3-5-7-10;12-11(10(15)16)6-7-13(9(11)14)8-4-2-1-3-5-8;13-9-11(16,10(14)15)6-7-12(9)8-4-2-1-3-5-8;8-7-3-1-2-6(4-7)5-9;/h1-8,13,24H,9-12H2;1-3,5-7,9,13H,4,8,10-12H2;3-7H,2,8-9H2,1H3;3-7,17H,2,8-9H2,1H3;1-5H,6-7H2,(H,15,16);1-5,16H,6-7H2,(H,14,15);1-4H,5,9H2;1H4/t19-;18-;2*13-;2*11-;;/m001011../s1. The molecule has 6 aliphatic heterocycles. The Morgan fingerprint density at radius 2 is 0.720 bits per heavy atom. The Labute approximate surface area is 742 Å². The lowest BCUT2D eigenvalue weighted by Crippen LogP contribution is -2.47. The van der Waals surface area contributed by atoms with E-state index in [-0.39, 0.29) is 98.2 Å². The van der Waals surface area contributed by atoms with E-state index < -0.39 is 105 Å². The molecule has 0 saturated carbocycles. The van der Waals surface area contributed by atoms with E-state index in [1.54, 1.807) is 177 Å². The van der Waals surface area contributed by atoms with Crippen molar-refractivity contribution in [2.75, 3.05) is 81.9 Å². The van der Waals surface area contributed by atoms with Crippen LogP contribution < -0.4 is 35.1 Å². The van der Waals surface area contributed by atoms with Crippen LogP contribution >= 0.6 is 43.2 Å². The van der Waals surface area contributed by atoms with Crippen LogP contribution in [0.25, 0.3) is 0 Å². The van der Waals surface area contributed by atoms with Crippen LogP contribution in [0, 0.1) is 0 Å². The summed E-state index contributed by atoms with van der Waals surface area (Å²) in [5, 5.41) is 49.9. The minimum absolute atomic E-state index is 0. The van der Waals surface area contributed by atoms with Gasteiger partial charge in [0.2, 0.25) is 22.5 Å². The molecule has 6 fully saturated rings. The number of nitrogens with two attached hydrogens (primary N) is 1. The number of nitrogens with zero attached hydrogens (tertiary/aromatic N) is 6. The first kappa shape index (κ1) is 98.5. The van der Waals surface area contributed by atoms with Gasteiger partial charge in [0.05, 0.1) is 13.2 Å². The Morgan fingerprint density at radius 1 is 0.384 bits per heavy atom. The molecule has 32 heteroatoms. The number of halogens is 5. The van der Waals surface area contributed by atoms with Gasteiger partial charge in [-0.1, -0.05) is 179 Å².